The number of phenolic OH excluding ortho intramolecular Hbond substituents is 1. The number of rotatable bonds is 3. The second-order valence-corrected chi connectivity index (χ2v) is 4.90. The van der Waals surface area contributed by atoms with Crippen molar-refractivity contribution in [3.05, 3.63) is 42.5 Å². The number of hydrogen-bond donors (Lipinski definition) is 5. The molecule has 0 aliphatic carbocycles. The number of hydrogen-bond acceptors (Lipinski definition) is 6. The minimum absolute atomic E-state index is 0.211. The summed E-state index contributed by atoms with van der Waals surface area (Å²) in [7, 11) is 0. The summed E-state index contributed by atoms with van der Waals surface area (Å²) in [6.07, 6.45) is 0.250. The lowest BCUT2D eigenvalue weighted by Crippen LogP contribution is -1.91. The largest absolute Gasteiger partial charge is 0.508 e. The van der Waals surface area contributed by atoms with Gasteiger partial charge in [0.05, 0.1) is 11.0 Å². The van der Waals surface area contributed by atoms with Crippen LogP contribution in [0, 0.1) is 0 Å². The van der Waals surface area contributed by atoms with Crippen LogP contribution in [0.25, 0.3) is 11.0 Å². The van der Waals surface area contributed by atoms with Crippen molar-refractivity contribution in [2.45, 2.75) is 4.90 Å². The molecule has 0 saturated heterocycles. The number of nitrogens with one attached hydrogen (secondary N) is 2. The van der Waals surface area contributed by atoms with Crippen molar-refractivity contribution >= 4 is 41.0 Å². The molecule has 0 bridgehead atoms. The molecule has 1 aromatic heterocycles. The molecular formula is C14H15N5O2S. The van der Waals surface area contributed by atoms with Crippen molar-refractivity contribution < 1.29 is 9.90 Å². The molecule has 1 heterocycles. The van der Waals surface area contributed by atoms with E-state index in [-0.39, 0.29) is 12.2 Å². The minimum Gasteiger partial charge on any atom is -0.508 e. The number of aromatic amines is 1. The van der Waals surface area contributed by atoms with Crippen LogP contribution in [0.1, 0.15) is 0 Å². The van der Waals surface area contributed by atoms with Gasteiger partial charge >= 0.3 is 0 Å². The van der Waals surface area contributed by atoms with Gasteiger partial charge in [-0.1, -0.05) is 6.07 Å². The summed E-state index contributed by atoms with van der Waals surface area (Å²) in [5.41, 5.74) is 6.71. The smallest absolute Gasteiger partial charge is 0.205 e. The fourth-order valence-electron chi connectivity index (χ4n) is 1.84. The molecule has 0 radical (unpaired) electrons. The summed E-state index contributed by atoms with van der Waals surface area (Å²) in [4.78, 5) is 17.1. The molecule has 1 amide bonds. The van der Waals surface area contributed by atoms with Gasteiger partial charge in [0.25, 0.3) is 0 Å². The first kappa shape index (κ1) is 15.7. The second kappa shape index (κ2) is 7.34. The highest BCUT2D eigenvalue weighted by Crippen LogP contribution is 2.23. The van der Waals surface area contributed by atoms with Gasteiger partial charge in [-0.25, -0.2) is 4.98 Å². The first-order valence-corrected chi connectivity index (χ1v) is 7.12. The van der Waals surface area contributed by atoms with Gasteiger partial charge in [0.1, 0.15) is 5.75 Å². The number of H-pyrrole nitrogens is 1. The van der Waals surface area contributed by atoms with Crippen LogP contribution in [0.3, 0.4) is 0 Å². The number of aromatic nitrogens is 2. The summed E-state index contributed by atoms with van der Waals surface area (Å²) in [5, 5.41) is 18.0. The molecule has 0 aliphatic heterocycles. The number of nitrogens with two attached hydrogens (primary N) is 2. The lowest BCUT2D eigenvalue weighted by molar-refractivity contribution is -0.106. The zero-order chi connectivity index (χ0) is 15.9. The number of benzene rings is 2. The third kappa shape index (κ3) is 3.90. The molecule has 0 aliphatic rings. The van der Waals surface area contributed by atoms with E-state index < -0.39 is 0 Å². The summed E-state index contributed by atoms with van der Waals surface area (Å²) in [5.74, 6) is 0.836. The Bertz CT molecular complexity index is 775. The lowest BCUT2D eigenvalue weighted by atomic mass is 10.3. The Hall–Kier alpha value is -2.71. The monoisotopic (exact) mass is 317 g/mol. The van der Waals surface area contributed by atoms with Crippen molar-refractivity contribution in [1.82, 2.24) is 9.97 Å². The highest BCUT2D eigenvalue weighted by molar-refractivity contribution is 7.97. The van der Waals surface area contributed by atoms with Crippen molar-refractivity contribution in [3.8, 4) is 5.75 Å². The zero-order valence-electron chi connectivity index (χ0n) is 11.5. The van der Waals surface area contributed by atoms with Gasteiger partial charge in [0.2, 0.25) is 12.4 Å². The standard InChI is InChI=1S/C13H12N4OS.CH3NO/c14-19-10-4-5-11-12(7-10)17-13(16-11)15-8-2-1-3-9(18)6-8;2-1-3/h1-7,18H,14H2,(H2,15,16,17);1H,(H2,2,3). The summed E-state index contributed by atoms with van der Waals surface area (Å²) in [6.45, 7) is 0. The Morgan fingerprint density at radius 2 is 2.05 bits per heavy atom. The van der Waals surface area contributed by atoms with Crippen LogP contribution in [0.2, 0.25) is 0 Å². The number of phenols is 1. The molecule has 0 spiro atoms. The maximum absolute atomic E-state index is 9.41. The molecule has 3 aromatic rings. The molecule has 0 saturated carbocycles. The Morgan fingerprint density at radius 3 is 2.73 bits per heavy atom. The number of carbonyl (C=O) groups excluding carboxylic acids is 1. The Balaban J connectivity index is 0.000000545. The third-order valence-electron chi connectivity index (χ3n) is 2.70. The predicted molar refractivity (Wildman–Crippen MR) is 87.8 cm³/mol. The van der Waals surface area contributed by atoms with E-state index in [9.17, 15) is 5.11 Å². The SMILES string of the molecule is NC=O.NSc1ccc2nc(Nc3cccc(O)c3)[nH]c2c1. The van der Waals surface area contributed by atoms with Crippen LogP contribution in [-0.4, -0.2) is 21.5 Å². The van der Waals surface area contributed by atoms with E-state index in [4.69, 9.17) is 9.93 Å². The van der Waals surface area contributed by atoms with Crippen LogP contribution in [0.4, 0.5) is 11.6 Å². The number of carbonyl (C=O) groups is 1. The highest BCUT2D eigenvalue weighted by atomic mass is 32.2. The molecule has 7 nitrogen and oxygen atoms in total. The number of primary amides is 1. The fraction of sp³-hybridized carbons (Fsp3) is 0. The number of aromatic hydroxyl groups is 1. The normalized spacial score (nSPS) is 9.86. The van der Waals surface area contributed by atoms with Gasteiger partial charge < -0.3 is 21.1 Å². The third-order valence-corrected chi connectivity index (χ3v) is 3.22. The molecule has 0 atom stereocenters. The number of nitrogens with zero attached hydrogens (tertiary/aromatic N) is 1. The molecule has 0 unspecified atom stereocenters. The molecule has 8 heteroatoms. The number of amides is 1. The summed E-state index contributed by atoms with van der Waals surface area (Å²) >= 11 is 1.20. The average Bonchev–Trinajstić information content (AvgIpc) is 2.89. The van der Waals surface area contributed by atoms with E-state index >= 15 is 0 Å². The van der Waals surface area contributed by atoms with Gasteiger partial charge in [-0.2, -0.15) is 0 Å². The zero-order valence-corrected chi connectivity index (χ0v) is 12.3. The molecule has 7 N–H and O–H groups in total. The van der Waals surface area contributed by atoms with Crippen molar-refractivity contribution in [2.24, 2.45) is 10.9 Å². The van der Waals surface area contributed by atoms with Crippen LogP contribution < -0.4 is 16.2 Å². The molecule has 22 heavy (non-hydrogen) atoms. The van der Waals surface area contributed by atoms with E-state index in [1.165, 1.54) is 11.9 Å². The van der Waals surface area contributed by atoms with E-state index in [2.05, 4.69) is 21.0 Å². The molecule has 2 aromatic carbocycles. The quantitative estimate of drug-likeness (QED) is 0.371. The minimum atomic E-state index is 0.211. The van der Waals surface area contributed by atoms with Crippen LogP contribution in [0.5, 0.6) is 5.75 Å². The topological polar surface area (TPSA) is 130 Å². The van der Waals surface area contributed by atoms with Crippen molar-refractivity contribution in [3.63, 3.8) is 0 Å². The van der Waals surface area contributed by atoms with Crippen LogP contribution in [-0.2, 0) is 4.79 Å². The number of anilines is 2. The predicted octanol–water partition coefficient (Wildman–Crippen LogP) is 2.08. The highest BCUT2D eigenvalue weighted by Gasteiger charge is 2.04. The molecule has 0 fully saturated rings. The van der Waals surface area contributed by atoms with Crippen LogP contribution in [0.15, 0.2) is 47.4 Å². The molecular weight excluding hydrogens is 302 g/mol. The van der Waals surface area contributed by atoms with E-state index in [1.807, 2.05) is 24.3 Å². The van der Waals surface area contributed by atoms with Gasteiger partial charge in [0.15, 0.2) is 0 Å². The van der Waals surface area contributed by atoms with Gasteiger partial charge in [0, 0.05) is 16.6 Å². The lowest BCUT2D eigenvalue weighted by Gasteiger charge is -2.02. The summed E-state index contributed by atoms with van der Waals surface area (Å²) < 4.78 is 0. The van der Waals surface area contributed by atoms with Gasteiger partial charge in [-0.3, -0.25) is 9.93 Å². The van der Waals surface area contributed by atoms with Crippen molar-refractivity contribution in [1.29, 1.82) is 0 Å². The second-order valence-electron chi connectivity index (χ2n) is 4.19. The Morgan fingerprint density at radius 1 is 1.27 bits per heavy atom. The van der Waals surface area contributed by atoms with E-state index in [1.54, 1.807) is 18.2 Å². The Kier molecular flexibility index (Phi) is 5.23. The fourth-order valence-corrected chi connectivity index (χ4v) is 2.17. The molecule has 3 rings (SSSR count). The first-order valence-electron chi connectivity index (χ1n) is 6.24. The number of fused-ring (bicyclic) bond motifs is 1. The Labute approximate surface area is 130 Å². The molecule has 114 valence electrons. The van der Waals surface area contributed by atoms with Crippen molar-refractivity contribution in [2.75, 3.05) is 5.32 Å². The van der Waals surface area contributed by atoms with Gasteiger partial charge in [-0.15, -0.1) is 0 Å². The van der Waals surface area contributed by atoms with Gasteiger partial charge in [-0.05, 0) is 42.3 Å². The van der Waals surface area contributed by atoms with E-state index in [0.29, 0.717) is 5.95 Å². The summed E-state index contributed by atoms with van der Waals surface area (Å²) in [6, 6.07) is 12.7. The average molecular weight is 317 g/mol. The number of imidazole rings is 1. The maximum atomic E-state index is 9.41. The maximum Gasteiger partial charge on any atom is 0.205 e. The van der Waals surface area contributed by atoms with E-state index in [0.717, 1.165) is 21.6 Å². The first-order chi connectivity index (χ1) is 10.7. The van der Waals surface area contributed by atoms with Crippen LogP contribution >= 0.6 is 11.9 Å².